The number of carbonyl (C=O) groups excluding carboxylic acids is 1. The number of esters is 1. The highest BCUT2D eigenvalue weighted by Crippen LogP contribution is 2.20. The smallest absolute Gasteiger partial charge is 0.340 e. The molecule has 4 rings (SSSR count). The number of imidazole rings is 1. The third-order valence-corrected chi connectivity index (χ3v) is 4.10. The largest absolute Gasteiger partial charge is 0.457 e. The minimum Gasteiger partial charge on any atom is -0.457 e. The average molecular weight is 328 g/mol. The molecule has 3 aromatic carbocycles. The summed E-state index contributed by atoms with van der Waals surface area (Å²) >= 11 is 0. The Morgan fingerprint density at radius 2 is 1.64 bits per heavy atom. The van der Waals surface area contributed by atoms with Gasteiger partial charge in [0, 0.05) is 0 Å². The number of H-pyrrole nitrogens is 1. The number of aromatic amines is 1. The van der Waals surface area contributed by atoms with Gasteiger partial charge in [-0.1, -0.05) is 60.7 Å². The quantitative estimate of drug-likeness (QED) is 0.558. The standard InChI is InChI=1S/C21H16N2O2/c24-21(18-7-4-8-19-20(18)23-14-22-19)25-13-15-9-11-17(12-10-15)16-5-2-1-3-6-16/h1-12,14H,13H2,(H,22,23). The summed E-state index contributed by atoms with van der Waals surface area (Å²) in [6.45, 7) is 0.231. The molecule has 0 saturated heterocycles. The minimum atomic E-state index is -0.371. The first-order valence-corrected chi connectivity index (χ1v) is 8.05. The molecule has 0 amide bonds. The number of benzene rings is 3. The van der Waals surface area contributed by atoms with Crippen LogP contribution in [-0.4, -0.2) is 15.9 Å². The number of carbonyl (C=O) groups is 1. The molecule has 0 unspecified atom stereocenters. The highest BCUT2D eigenvalue weighted by atomic mass is 16.5. The fourth-order valence-corrected chi connectivity index (χ4v) is 2.78. The van der Waals surface area contributed by atoms with Crippen LogP contribution >= 0.6 is 0 Å². The van der Waals surface area contributed by atoms with E-state index in [1.54, 1.807) is 12.4 Å². The van der Waals surface area contributed by atoms with Gasteiger partial charge in [-0.25, -0.2) is 9.78 Å². The second-order valence-corrected chi connectivity index (χ2v) is 5.74. The zero-order valence-electron chi connectivity index (χ0n) is 13.5. The molecule has 0 bridgehead atoms. The van der Waals surface area contributed by atoms with Gasteiger partial charge < -0.3 is 9.72 Å². The van der Waals surface area contributed by atoms with Gasteiger partial charge in [0.1, 0.15) is 12.1 Å². The first kappa shape index (κ1) is 15.1. The van der Waals surface area contributed by atoms with Crippen LogP contribution in [0.3, 0.4) is 0 Å². The third-order valence-electron chi connectivity index (χ3n) is 4.10. The lowest BCUT2D eigenvalue weighted by Gasteiger charge is -2.07. The van der Waals surface area contributed by atoms with E-state index in [1.807, 2.05) is 54.6 Å². The van der Waals surface area contributed by atoms with Crippen molar-refractivity contribution in [3.63, 3.8) is 0 Å². The maximum absolute atomic E-state index is 12.3. The van der Waals surface area contributed by atoms with E-state index in [-0.39, 0.29) is 12.6 Å². The lowest BCUT2D eigenvalue weighted by Crippen LogP contribution is -2.06. The van der Waals surface area contributed by atoms with Crippen molar-refractivity contribution >= 4 is 17.0 Å². The Labute approximate surface area is 145 Å². The van der Waals surface area contributed by atoms with Gasteiger partial charge in [0.05, 0.1) is 17.4 Å². The van der Waals surface area contributed by atoms with Gasteiger partial charge in [-0.3, -0.25) is 0 Å². The van der Waals surface area contributed by atoms with Crippen LogP contribution in [0.1, 0.15) is 15.9 Å². The molecule has 0 spiro atoms. The minimum absolute atomic E-state index is 0.231. The van der Waals surface area contributed by atoms with Crippen molar-refractivity contribution in [1.29, 1.82) is 0 Å². The number of hydrogen-bond acceptors (Lipinski definition) is 3. The Kier molecular flexibility index (Phi) is 4.01. The molecule has 0 radical (unpaired) electrons. The van der Waals surface area contributed by atoms with Crippen LogP contribution < -0.4 is 0 Å². The Bertz CT molecular complexity index is 1000. The van der Waals surface area contributed by atoms with E-state index in [9.17, 15) is 4.79 Å². The molecule has 0 aliphatic carbocycles. The summed E-state index contributed by atoms with van der Waals surface area (Å²) in [5.74, 6) is -0.371. The van der Waals surface area contributed by atoms with Crippen LogP contribution in [0, 0.1) is 0 Å². The predicted molar refractivity (Wildman–Crippen MR) is 97.1 cm³/mol. The van der Waals surface area contributed by atoms with Crippen LogP contribution in [-0.2, 0) is 11.3 Å². The molecule has 4 aromatic rings. The van der Waals surface area contributed by atoms with Gasteiger partial charge in [0.2, 0.25) is 0 Å². The van der Waals surface area contributed by atoms with E-state index in [4.69, 9.17) is 4.74 Å². The number of aromatic nitrogens is 2. The first-order valence-electron chi connectivity index (χ1n) is 8.05. The fourth-order valence-electron chi connectivity index (χ4n) is 2.78. The molecule has 0 atom stereocenters. The molecule has 122 valence electrons. The van der Waals surface area contributed by atoms with E-state index in [1.165, 1.54) is 0 Å². The molecule has 1 N–H and O–H groups in total. The monoisotopic (exact) mass is 328 g/mol. The highest BCUT2D eigenvalue weighted by molar-refractivity contribution is 6.01. The Hall–Kier alpha value is -3.40. The molecule has 0 aliphatic heterocycles. The van der Waals surface area contributed by atoms with Gasteiger partial charge in [-0.15, -0.1) is 0 Å². The second-order valence-electron chi connectivity index (χ2n) is 5.74. The van der Waals surface area contributed by atoms with Crippen LogP contribution in [0.2, 0.25) is 0 Å². The fraction of sp³-hybridized carbons (Fsp3) is 0.0476. The highest BCUT2D eigenvalue weighted by Gasteiger charge is 2.13. The summed E-state index contributed by atoms with van der Waals surface area (Å²) in [7, 11) is 0. The number of para-hydroxylation sites is 1. The van der Waals surface area contributed by atoms with Crippen molar-refractivity contribution in [3.8, 4) is 11.1 Å². The van der Waals surface area contributed by atoms with Crippen LogP contribution in [0.5, 0.6) is 0 Å². The van der Waals surface area contributed by atoms with E-state index in [0.29, 0.717) is 11.1 Å². The van der Waals surface area contributed by atoms with Crippen LogP contribution in [0.15, 0.2) is 79.1 Å². The summed E-state index contributed by atoms with van der Waals surface area (Å²) in [5.41, 5.74) is 5.17. The number of rotatable bonds is 4. The van der Waals surface area contributed by atoms with Crippen molar-refractivity contribution in [3.05, 3.63) is 90.3 Å². The Morgan fingerprint density at radius 1 is 0.880 bits per heavy atom. The van der Waals surface area contributed by atoms with Gasteiger partial charge in [-0.05, 0) is 28.8 Å². The Morgan fingerprint density at radius 3 is 2.44 bits per heavy atom. The van der Waals surface area contributed by atoms with E-state index >= 15 is 0 Å². The molecule has 1 aromatic heterocycles. The zero-order chi connectivity index (χ0) is 17.1. The van der Waals surface area contributed by atoms with E-state index in [2.05, 4.69) is 22.1 Å². The Balaban J connectivity index is 1.46. The van der Waals surface area contributed by atoms with Gasteiger partial charge in [0.15, 0.2) is 0 Å². The zero-order valence-corrected chi connectivity index (χ0v) is 13.5. The first-order chi connectivity index (χ1) is 12.3. The summed E-state index contributed by atoms with van der Waals surface area (Å²) in [6, 6.07) is 23.6. The lowest BCUT2D eigenvalue weighted by molar-refractivity contribution is 0.0475. The molecule has 0 aliphatic rings. The van der Waals surface area contributed by atoms with Crippen molar-refractivity contribution in [2.75, 3.05) is 0 Å². The SMILES string of the molecule is O=C(OCc1ccc(-c2ccccc2)cc1)c1cccc2[nH]cnc12. The van der Waals surface area contributed by atoms with Crippen LogP contribution in [0.25, 0.3) is 22.2 Å². The summed E-state index contributed by atoms with van der Waals surface area (Å²) in [5, 5.41) is 0. The average Bonchev–Trinajstić information content (AvgIpc) is 3.16. The number of hydrogen-bond donors (Lipinski definition) is 1. The molecule has 25 heavy (non-hydrogen) atoms. The number of ether oxygens (including phenoxy) is 1. The maximum atomic E-state index is 12.3. The topological polar surface area (TPSA) is 55.0 Å². The number of fused-ring (bicyclic) bond motifs is 1. The molecular weight excluding hydrogens is 312 g/mol. The summed E-state index contributed by atoms with van der Waals surface area (Å²) in [6.07, 6.45) is 1.57. The molecule has 4 heteroatoms. The second kappa shape index (κ2) is 6.61. The molecule has 1 heterocycles. The van der Waals surface area contributed by atoms with Crippen LogP contribution in [0.4, 0.5) is 0 Å². The van der Waals surface area contributed by atoms with Gasteiger partial charge in [0.25, 0.3) is 0 Å². The van der Waals surface area contributed by atoms with E-state index < -0.39 is 0 Å². The predicted octanol–water partition coefficient (Wildman–Crippen LogP) is 4.59. The molecule has 0 fully saturated rings. The summed E-state index contributed by atoms with van der Waals surface area (Å²) in [4.78, 5) is 19.5. The van der Waals surface area contributed by atoms with Gasteiger partial charge in [-0.2, -0.15) is 0 Å². The number of nitrogens with one attached hydrogen (secondary N) is 1. The van der Waals surface area contributed by atoms with Crippen molar-refractivity contribution in [2.24, 2.45) is 0 Å². The van der Waals surface area contributed by atoms with Gasteiger partial charge >= 0.3 is 5.97 Å². The number of nitrogens with zero attached hydrogens (tertiary/aromatic N) is 1. The molecule has 4 nitrogen and oxygen atoms in total. The lowest BCUT2D eigenvalue weighted by atomic mass is 10.0. The molecule has 0 saturated carbocycles. The van der Waals surface area contributed by atoms with E-state index in [0.717, 1.165) is 22.2 Å². The van der Waals surface area contributed by atoms with Crippen molar-refractivity contribution in [1.82, 2.24) is 9.97 Å². The van der Waals surface area contributed by atoms with Crippen molar-refractivity contribution < 1.29 is 9.53 Å². The van der Waals surface area contributed by atoms with Crippen molar-refractivity contribution in [2.45, 2.75) is 6.61 Å². The maximum Gasteiger partial charge on any atom is 0.340 e. The third kappa shape index (κ3) is 3.15. The summed E-state index contributed by atoms with van der Waals surface area (Å²) < 4.78 is 5.44. The molecular formula is C21H16N2O2. The normalized spacial score (nSPS) is 10.7.